The average Bonchev–Trinajstić information content (AvgIpc) is 2.60. The highest BCUT2D eigenvalue weighted by Gasteiger charge is 2.11. The SMILES string of the molecule is CCc1ccccc1NC(=S)NNC(=O)c1cccc([N+](=O)[O-])c1. The van der Waals surface area contributed by atoms with Crippen molar-refractivity contribution in [2.45, 2.75) is 13.3 Å². The zero-order valence-corrected chi connectivity index (χ0v) is 13.7. The van der Waals surface area contributed by atoms with E-state index in [-0.39, 0.29) is 16.4 Å². The summed E-state index contributed by atoms with van der Waals surface area (Å²) in [5, 5.41) is 13.9. The van der Waals surface area contributed by atoms with E-state index in [4.69, 9.17) is 12.2 Å². The molecule has 0 saturated carbocycles. The zero-order valence-electron chi connectivity index (χ0n) is 12.9. The Morgan fingerprint density at radius 3 is 2.62 bits per heavy atom. The molecule has 0 unspecified atom stereocenters. The van der Waals surface area contributed by atoms with Crippen LogP contribution in [0.3, 0.4) is 0 Å². The number of thiocarbonyl (C=S) groups is 1. The van der Waals surface area contributed by atoms with E-state index in [1.165, 1.54) is 24.3 Å². The average molecular weight is 344 g/mol. The molecule has 1 amide bonds. The van der Waals surface area contributed by atoms with Gasteiger partial charge < -0.3 is 5.32 Å². The molecule has 2 aromatic carbocycles. The fourth-order valence-corrected chi connectivity index (χ4v) is 2.21. The number of anilines is 1. The van der Waals surface area contributed by atoms with Gasteiger partial charge in [0.05, 0.1) is 4.92 Å². The summed E-state index contributed by atoms with van der Waals surface area (Å²) in [7, 11) is 0. The van der Waals surface area contributed by atoms with Gasteiger partial charge in [-0.2, -0.15) is 0 Å². The molecule has 0 saturated heterocycles. The van der Waals surface area contributed by atoms with Crippen LogP contribution in [0.15, 0.2) is 48.5 Å². The van der Waals surface area contributed by atoms with Crippen LogP contribution in [0.1, 0.15) is 22.8 Å². The molecule has 8 heteroatoms. The number of amides is 1. The highest BCUT2D eigenvalue weighted by molar-refractivity contribution is 7.80. The third-order valence-corrected chi connectivity index (χ3v) is 3.46. The first-order valence-electron chi connectivity index (χ1n) is 7.21. The van der Waals surface area contributed by atoms with Gasteiger partial charge in [-0.25, -0.2) is 0 Å². The van der Waals surface area contributed by atoms with Gasteiger partial charge in [-0.1, -0.05) is 31.2 Å². The number of non-ortho nitro benzene ring substituents is 1. The number of carbonyl (C=O) groups excluding carboxylic acids is 1. The normalized spacial score (nSPS) is 9.88. The standard InChI is InChI=1S/C16H16N4O3S/c1-2-11-6-3-4-9-14(11)17-16(24)19-18-15(21)12-7-5-8-13(10-12)20(22)23/h3-10H,2H2,1H3,(H,18,21)(H2,17,19,24). The van der Waals surface area contributed by atoms with Crippen molar-refractivity contribution in [3.05, 3.63) is 69.8 Å². The second kappa shape index (κ2) is 8.02. The largest absolute Gasteiger partial charge is 0.331 e. The van der Waals surface area contributed by atoms with Crippen LogP contribution in [0.5, 0.6) is 0 Å². The molecule has 124 valence electrons. The summed E-state index contributed by atoms with van der Waals surface area (Å²) in [6, 6.07) is 13.1. The second-order valence-electron chi connectivity index (χ2n) is 4.85. The number of hydrogen-bond donors (Lipinski definition) is 3. The summed E-state index contributed by atoms with van der Waals surface area (Å²) in [5.41, 5.74) is 6.93. The molecule has 0 aliphatic rings. The van der Waals surface area contributed by atoms with Crippen molar-refractivity contribution >= 4 is 34.6 Å². The van der Waals surface area contributed by atoms with E-state index in [2.05, 4.69) is 16.2 Å². The number of nitrogens with zero attached hydrogens (tertiary/aromatic N) is 1. The van der Waals surface area contributed by atoms with Crippen molar-refractivity contribution in [3.63, 3.8) is 0 Å². The minimum Gasteiger partial charge on any atom is -0.331 e. The van der Waals surface area contributed by atoms with Crippen LogP contribution in [0.2, 0.25) is 0 Å². The number of hydrogen-bond acceptors (Lipinski definition) is 4. The second-order valence-corrected chi connectivity index (χ2v) is 5.26. The molecule has 2 aromatic rings. The molecule has 0 fully saturated rings. The lowest BCUT2D eigenvalue weighted by molar-refractivity contribution is -0.384. The Morgan fingerprint density at radius 2 is 1.92 bits per heavy atom. The van der Waals surface area contributed by atoms with Gasteiger partial charge in [-0.05, 0) is 36.3 Å². The van der Waals surface area contributed by atoms with E-state index in [0.29, 0.717) is 0 Å². The maximum atomic E-state index is 12.0. The first-order chi connectivity index (χ1) is 11.5. The summed E-state index contributed by atoms with van der Waals surface area (Å²) >= 11 is 5.13. The molecule has 0 radical (unpaired) electrons. The fraction of sp³-hybridized carbons (Fsp3) is 0.125. The molecule has 0 aliphatic carbocycles. The zero-order chi connectivity index (χ0) is 17.5. The van der Waals surface area contributed by atoms with Gasteiger partial charge in [0, 0.05) is 23.4 Å². The van der Waals surface area contributed by atoms with E-state index in [1.807, 2.05) is 31.2 Å². The lowest BCUT2D eigenvalue weighted by Crippen LogP contribution is -2.43. The molecule has 2 rings (SSSR count). The first kappa shape index (κ1) is 17.4. The predicted molar refractivity (Wildman–Crippen MR) is 95.7 cm³/mol. The van der Waals surface area contributed by atoms with E-state index in [0.717, 1.165) is 17.7 Å². The number of nitro benzene ring substituents is 1. The van der Waals surface area contributed by atoms with Gasteiger partial charge in [0.1, 0.15) is 0 Å². The molecule has 7 nitrogen and oxygen atoms in total. The van der Waals surface area contributed by atoms with Crippen LogP contribution in [0.4, 0.5) is 11.4 Å². The van der Waals surface area contributed by atoms with Crippen molar-refractivity contribution in [2.24, 2.45) is 0 Å². The lowest BCUT2D eigenvalue weighted by atomic mass is 10.1. The summed E-state index contributed by atoms with van der Waals surface area (Å²) in [4.78, 5) is 22.2. The lowest BCUT2D eigenvalue weighted by Gasteiger charge is -2.14. The summed E-state index contributed by atoms with van der Waals surface area (Å²) < 4.78 is 0. The van der Waals surface area contributed by atoms with Gasteiger partial charge in [0.15, 0.2) is 5.11 Å². The number of nitro groups is 1. The number of para-hydroxylation sites is 1. The Kier molecular flexibility index (Phi) is 5.80. The number of carbonyl (C=O) groups is 1. The number of hydrazine groups is 1. The number of aryl methyl sites for hydroxylation is 1. The van der Waals surface area contributed by atoms with Crippen molar-refractivity contribution in [1.82, 2.24) is 10.9 Å². The van der Waals surface area contributed by atoms with E-state index < -0.39 is 10.8 Å². The summed E-state index contributed by atoms with van der Waals surface area (Å²) in [5.74, 6) is -0.522. The van der Waals surface area contributed by atoms with Gasteiger partial charge in [0.25, 0.3) is 11.6 Å². The maximum Gasteiger partial charge on any atom is 0.270 e. The van der Waals surface area contributed by atoms with Crippen molar-refractivity contribution < 1.29 is 9.72 Å². The van der Waals surface area contributed by atoms with Crippen molar-refractivity contribution in [2.75, 3.05) is 5.32 Å². The van der Waals surface area contributed by atoms with Crippen molar-refractivity contribution in [3.8, 4) is 0 Å². The van der Waals surface area contributed by atoms with E-state index in [1.54, 1.807) is 0 Å². The van der Waals surface area contributed by atoms with E-state index in [9.17, 15) is 14.9 Å². The van der Waals surface area contributed by atoms with Gasteiger partial charge in [-0.15, -0.1) is 0 Å². The minimum absolute atomic E-state index is 0.153. The molecule has 0 spiro atoms. The molecule has 0 atom stereocenters. The Hall–Kier alpha value is -3.00. The van der Waals surface area contributed by atoms with Crippen LogP contribution < -0.4 is 16.2 Å². The van der Waals surface area contributed by atoms with Crippen LogP contribution in [0, 0.1) is 10.1 Å². The van der Waals surface area contributed by atoms with Crippen molar-refractivity contribution in [1.29, 1.82) is 0 Å². The number of benzene rings is 2. The Balaban J connectivity index is 1.95. The molecule has 0 aromatic heterocycles. The quantitative estimate of drug-likeness (QED) is 0.448. The van der Waals surface area contributed by atoms with Gasteiger partial charge >= 0.3 is 0 Å². The highest BCUT2D eigenvalue weighted by atomic mass is 32.1. The topological polar surface area (TPSA) is 96.3 Å². The predicted octanol–water partition coefficient (Wildman–Crippen LogP) is 2.79. The third kappa shape index (κ3) is 4.50. The Labute approximate surface area is 144 Å². The molecule has 0 heterocycles. The van der Waals surface area contributed by atoms with Crippen LogP contribution in [-0.4, -0.2) is 15.9 Å². The monoisotopic (exact) mass is 344 g/mol. The molecule has 24 heavy (non-hydrogen) atoms. The first-order valence-corrected chi connectivity index (χ1v) is 7.61. The number of rotatable bonds is 4. The summed E-state index contributed by atoms with van der Waals surface area (Å²) in [6.07, 6.45) is 0.839. The Bertz CT molecular complexity index is 779. The molecule has 3 N–H and O–H groups in total. The van der Waals surface area contributed by atoms with E-state index >= 15 is 0 Å². The fourth-order valence-electron chi connectivity index (χ4n) is 2.05. The van der Waals surface area contributed by atoms with Crippen LogP contribution in [0.25, 0.3) is 0 Å². The van der Waals surface area contributed by atoms with Crippen LogP contribution >= 0.6 is 12.2 Å². The third-order valence-electron chi connectivity index (χ3n) is 3.26. The van der Waals surface area contributed by atoms with Gasteiger partial charge in [-0.3, -0.25) is 25.8 Å². The highest BCUT2D eigenvalue weighted by Crippen LogP contribution is 2.15. The number of nitrogens with one attached hydrogen (secondary N) is 3. The minimum atomic E-state index is -0.557. The molecular weight excluding hydrogens is 328 g/mol. The van der Waals surface area contributed by atoms with Gasteiger partial charge in [0.2, 0.25) is 0 Å². The molecule has 0 bridgehead atoms. The summed E-state index contributed by atoms with van der Waals surface area (Å²) in [6.45, 7) is 2.03. The maximum absolute atomic E-state index is 12.0. The van der Waals surface area contributed by atoms with Crippen LogP contribution in [-0.2, 0) is 6.42 Å². The molecule has 0 aliphatic heterocycles. The molecular formula is C16H16N4O3S. The Morgan fingerprint density at radius 1 is 1.17 bits per heavy atom. The smallest absolute Gasteiger partial charge is 0.270 e.